The van der Waals surface area contributed by atoms with Gasteiger partial charge in [-0.2, -0.15) is 0 Å². The van der Waals surface area contributed by atoms with Gasteiger partial charge in [0.05, 0.1) is 0 Å². The van der Waals surface area contributed by atoms with E-state index in [1.807, 2.05) is 0 Å². The molecule has 0 unspecified atom stereocenters. The monoisotopic (exact) mass is 267 g/mol. The highest BCUT2D eigenvalue weighted by molar-refractivity contribution is 9.10. The summed E-state index contributed by atoms with van der Waals surface area (Å²) in [6.07, 6.45) is 0. The average Bonchev–Trinajstić information content (AvgIpc) is 2.02. The van der Waals surface area contributed by atoms with Crippen molar-refractivity contribution in [2.45, 2.75) is 0 Å². The number of benzene rings is 1. The molecular weight excluding hydrogens is 263 g/mol. The van der Waals surface area contributed by atoms with Crippen LogP contribution in [0.2, 0.25) is 0 Å². The second-order valence-corrected chi connectivity index (χ2v) is 3.69. The van der Waals surface area contributed by atoms with Gasteiger partial charge in [-0.3, -0.25) is 4.18 Å². The molecule has 0 amide bonds. The van der Waals surface area contributed by atoms with E-state index in [1.54, 1.807) is 6.07 Å². The summed E-state index contributed by atoms with van der Waals surface area (Å²) < 4.78 is 37.7. The molecule has 1 rings (SSSR count). The molecule has 0 heterocycles. The van der Waals surface area contributed by atoms with E-state index in [4.69, 9.17) is 0 Å². The number of rotatable bonds is 3. The minimum absolute atomic E-state index is 0.0856. The lowest BCUT2D eigenvalue weighted by Gasteiger charge is -1.99. The maximum absolute atomic E-state index is 13.0. The molecule has 6 heteroatoms. The standard InChI is InChI=1S/C7H5BrFO3S/c8-6-2-1-5(7(9)3-6)4-12-13(10)11/h1-4,13H. The van der Waals surface area contributed by atoms with Crippen molar-refractivity contribution in [2.75, 3.05) is 0 Å². The zero-order chi connectivity index (χ0) is 9.84. The Labute approximate surface area is 84.8 Å². The van der Waals surface area contributed by atoms with Gasteiger partial charge in [0, 0.05) is 10.0 Å². The molecule has 0 aromatic heterocycles. The quantitative estimate of drug-likeness (QED) is 0.847. The third-order valence-corrected chi connectivity index (χ3v) is 2.00. The van der Waals surface area contributed by atoms with E-state index in [0.717, 1.165) is 6.61 Å². The van der Waals surface area contributed by atoms with Crippen LogP contribution in [0.4, 0.5) is 4.39 Å². The molecule has 0 atom stereocenters. The zero-order valence-corrected chi connectivity index (χ0v) is 8.72. The van der Waals surface area contributed by atoms with E-state index in [9.17, 15) is 12.8 Å². The van der Waals surface area contributed by atoms with Crippen LogP contribution in [0.1, 0.15) is 5.56 Å². The highest BCUT2D eigenvalue weighted by atomic mass is 79.9. The van der Waals surface area contributed by atoms with Gasteiger partial charge in [0.15, 0.2) is 0 Å². The molecule has 71 valence electrons. The number of hydrogen-bond acceptors (Lipinski definition) is 3. The third kappa shape index (κ3) is 3.41. The molecule has 1 radical (unpaired) electrons. The number of thiol groups is 1. The molecule has 0 spiro atoms. The van der Waals surface area contributed by atoms with Crippen LogP contribution in [0.15, 0.2) is 22.7 Å². The van der Waals surface area contributed by atoms with Crippen molar-refractivity contribution in [3.8, 4) is 0 Å². The van der Waals surface area contributed by atoms with Crippen LogP contribution in [0.3, 0.4) is 0 Å². The van der Waals surface area contributed by atoms with Crippen molar-refractivity contribution in [3.63, 3.8) is 0 Å². The number of halogens is 2. The summed E-state index contributed by atoms with van der Waals surface area (Å²) in [7, 11) is -2.98. The SMILES string of the molecule is O=[SH](=O)O[CH]c1ccc(Br)cc1F. The molecule has 0 bridgehead atoms. The first-order valence-corrected chi connectivity index (χ1v) is 5.08. The maximum Gasteiger partial charge on any atom is 0.257 e. The van der Waals surface area contributed by atoms with E-state index >= 15 is 0 Å². The first kappa shape index (κ1) is 10.6. The molecule has 0 aliphatic rings. The van der Waals surface area contributed by atoms with Crippen molar-refractivity contribution in [1.29, 1.82) is 0 Å². The van der Waals surface area contributed by atoms with E-state index in [2.05, 4.69) is 20.1 Å². The van der Waals surface area contributed by atoms with E-state index in [0.29, 0.717) is 4.47 Å². The Morgan fingerprint density at radius 1 is 1.46 bits per heavy atom. The first-order chi connectivity index (χ1) is 6.09. The predicted octanol–water partition coefficient (Wildman–Crippen LogP) is 1.64. The van der Waals surface area contributed by atoms with E-state index in [-0.39, 0.29) is 5.56 Å². The van der Waals surface area contributed by atoms with Gasteiger partial charge in [-0.15, -0.1) is 0 Å². The van der Waals surface area contributed by atoms with Gasteiger partial charge in [0.1, 0.15) is 12.4 Å². The third-order valence-electron chi connectivity index (χ3n) is 1.23. The van der Waals surface area contributed by atoms with Gasteiger partial charge < -0.3 is 0 Å². The number of hydrogen-bond donors (Lipinski definition) is 1. The Morgan fingerprint density at radius 3 is 2.69 bits per heavy atom. The Bertz CT molecular complexity index is 370. The zero-order valence-electron chi connectivity index (χ0n) is 6.24. The van der Waals surface area contributed by atoms with Crippen LogP contribution in [-0.4, -0.2) is 8.42 Å². The molecule has 3 nitrogen and oxygen atoms in total. The lowest BCUT2D eigenvalue weighted by Crippen LogP contribution is -1.91. The molecular formula is C7H5BrFO3S. The Balaban J connectivity index is 2.77. The molecule has 0 saturated heterocycles. The molecule has 1 aromatic rings. The lowest BCUT2D eigenvalue weighted by molar-refractivity contribution is 0.423. The van der Waals surface area contributed by atoms with Crippen molar-refractivity contribution < 1.29 is 17.0 Å². The minimum Gasteiger partial charge on any atom is -0.261 e. The van der Waals surface area contributed by atoms with Gasteiger partial charge in [-0.1, -0.05) is 22.0 Å². The summed E-state index contributed by atoms with van der Waals surface area (Å²) in [6, 6.07) is 4.20. The minimum atomic E-state index is -2.98. The largest absolute Gasteiger partial charge is 0.261 e. The van der Waals surface area contributed by atoms with Crippen LogP contribution in [-0.2, 0) is 15.2 Å². The summed E-state index contributed by atoms with van der Waals surface area (Å²) in [5, 5.41) is 0. The molecule has 0 N–H and O–H groups in total. The summed E-state index contributed by atoms with van der Waals surface area (Å²) in [5.41, 5.74) is 0.0856. The van der Waals surface area contributed by atoms with E-state index in [1.165, 1.54) is 12.1 Å². The fourth-order valence-corrected chi connectivity index (χ4v) is 1.23. The fourth-order valence-electron chi connectivity index (χ4n) is 0.697. The maximum atomic E-state index is 13.0. The van der Waals surface area contributed by atoms with Crippen LogP contribution in [0.5, 0.6) is 0 Å². The Hall–Kier alpha value is -0.460. The second-order valence-electron chi connectivity index (χ2n) is 2.11. The highest BCUT2D eigenvalue weighted by Crippen LogP contribution is 2.16. The van der Waals surface area contributed by atoms with Crippen LogP contribution in [0.25, 0.3) is 0 Å². The fraction of sp³-hybridized carbons (Fsp3) is 0. The molecule has 13 heavy (non-hydrogen) atoms. The average molecular weight is 268 g/mol. The second kappa shape index (κ2) is 4.69. The topological polar surface area (TPSA) is 43.4 Å². The molecule has 0 aliphatic heterocycles. The van der Waals surface area contributed by atoms with Crippen molar-refractivity contribution in [2.24, 2.45) is 0 Å². The molecule has 1 aromatic carbocycles. The van der Waals surface area contributed by atoms with Crippen molar-refractivity contribution in [1.82, 2.24) is 0 Å². The lowest BCUT2D eigenvalue weighted by atomic mass is 10.2. The van der Waals surface area contributed by atoms with E-state index < -0.39 is 16.8 Å². The first-order valence-electron chi connectivity index (χ1n) is 3.19. The van der Waals surface area contributed by atoms with Gasteiger partial charge >= 0.3 is 0 Å². The molecule has 0 saturated carbocycles. The van der Waals surface area contributed by atoms with Gasteiger partial charge in [-0.25, -0.2) is 12.8 Å². The summed E-state index contributed by atoms with van der Waals surface area (Å²) in [4.78, 5) is 0. The van der Waals surface area contributed by atoms with Crippen molar-refractivity contribution in [3.05, 3.63) is 40.7 Å². The predicted molar refractivity (Wildman–Crippen MR) is 48.9 cm³/mol. The van der Waals surface area contributed by atoms with Crippen LogP contribution < -0.4 is 0 Å². The Kier molecular flexibility index (Phi) is 3.83. The molecule has 0 aliphatic carbocycles. The van der Waals surface area contributed by atoms with Crippen LogP contribution in [0, 0.1) is 12.4 Å². The van der Waals surface area contributed by atoms with Gasteiger partial charge in [-0.05, 0) is 12.1 Å². The van der Waals surface area contributed by atoms with Crippen LogP contribution >= 0.6 is 15.9 Å². The smallest absolute Gasteiger partial charge is 0.257 e. The molecule has 0 fully saturated rings. The van der Waals surface area contributed by atoms with Gasteiger partial charge in [0.25, 0.3) is 11.0 Å². The summed E-state index contributed by atoms with van der Waals surface area (Å²) in [5.74, 6) is -0.550. The van der Waals surface area contributed by atoms with Gasteiger partial charge in [0.2, 0.25) is 0 Å². The van der Waals surface area contributed by atoms with Crippen molar-refractivity contribution >= 4 is 26.9 Å². The Morgan fingerprint density at radius 2 is 2.15 bits per heavy atom. The summed E-state index contributed by atoms with van der Waals surface area (Å²) in [6.45, 7) is 0.841. The normalized spacial score (nSPS) is 10.7. The highest BCUT2D eigenvalue weighted by Gasteiger charge is 2.03. The summed E-state index contributed by atoms with van der Waals surface area (Å²) >= 11 is 3.06.